The molecule has 6 heteroatoms. The molecule has 2 rings (SSSR count). The molecule has 1 N–H and O–H groups in total. The van der Waals surface area contributed by atoms with Crippen LogP contribution in [-0.2, 0) is 11.2 Å². The smallest absolute Gasteiger partial charge is 0.406 e. The van der Waals surface area contributed by atoms with E-state index in [9.17, 15) is 4.79 Å². The van der Waals surface area contributed by atoms with Crippen LogP contribution in [-0.4, -0.2) is 34.5 Å². The number of pyridine rings is 1. The van der Waals surface area contributed by atoms with Crippen molar-refractivity contribution in [3.05, 3.63) is 42.5 Å². The fourth-order valence-corrected chi connectivity index (χ4v) is 1.68. The number of hydrogen-bond donors (Lipinski definition) is 1. The monoisotopic (exact) mass is 260 g/mol. The maximum Gasteiger partial charge on any atom is 0.406 e. The lowest BCUT2D eigenvalue weighted by molar-refractivity contribution is 0.171. The summed E-state index contributed by atoms with van der Waals surface area (Å²) >= 11 is 0. The highest BCUT2D eigenvalue weighted by molar-refractivity contribution is 5.66. The first-order chi connectivity index (χ1) is 9.29. The molecule has 0 saturated heterocycles. The Bertz CT molecular complexity index is 524. The van der Waals surface area contributed by atoms with E-state index in [1.54, 1.807) is 12.4 Å². The maximum absolute atomic E-state index is 10.9. The number of carbonyl (C=O) groups is 1. The number of hydrogen-bond acceptors (Lipinski definition) is 4. The van der Waals surface area contributed by atoms with Crippen LogP contribution in [0.2, 0.25) is 0 Å². The van der Waals surface area contributed by atoms with E-state index in [2.05, 4.69) is 20.1 Å². The molecule has 0 saturated carbocycles. The van der Waals surface area contributed by atoms with Crippen LogP contribution >= 0.6 is 0 Å². The first-order valence-corrected chi connectivity index (χ1v) is 6.05. The number of rotatable bonds is 5. The Morgan fingerprint density at radius 2 is 2.21 bits per heavy atom. The Hall–Kier alpha value is -2.37. The van der Waals surface area contributed by atoms with Gasteiger partial charge in [0.2, 0.25) is 0 Å². The van der Waals surface area contributed by atoms with Gasteiger partial charge in [-0.25, -0.2) is 9.48 Å². The summed E-state index contributed by atoms with van der Waals surface area (Å²) in [7, 11) is 1.36. The zero-order chi connectivity index (χ0) is 13.5. The molecule has 2 aromatic heterocycles. The fourth-order valence-electron chi connectivity index (χ4n) is 1.68. The summed E-state index contributed by atoms with van der Waals surface area (Å²) in [6.45, 7) is 0.590. The summed E-state index contributed by atoms with van der Waals surface area (Å²) in [5.41, 5.74) is 2.11. The Balaban J connectivity index is 1.83. The molecule has 6 nitrogen and oxygen atoms in total. The van der Waals surface area contributed by atoms with Gasteiger partial charge in [-0.3, -0.25) is 4.98 Å². The van der Waals surface area contributed by atoms with Gasteiger partial charge in [0.05, 0.1) is 19.0 Å². The third kappa shape index (κ3) is 3.80. The number of alkyl carbamates (subject to hydrolysis) is 1. The Morgan fingerprint density at radius 1 is 1.42 bits per heavy atom. The molecular weight excluding hydrogens is 244 g/mol. The van der Waals surface area contributed by atoms with Gasteiger partial charge in [0.1, 0.15) is 0 Å². The van der Waals surface area contributed by atoms with E-state index in [4.69, 9.17) is 0 Å². The number of nitrogens with zero attached hydrogens (tertiary/aromatic N) is 3. The zero-order valence-electron chi connectivity index (χ0n) is 10.7. The lowest BCUT2D eigenvalue weighted by atomic mass is 10.2. The van der Waals surface area contributed by atoms with Gasteiger partial charge in [0, 0.05) is 25.1 Å². The van der Waals surface area contributed by atoms with E-state index in [1.165, 1.54) is 7.11 Å². The molecule has 0 unspecified atom stereocenters. The molecule has 19 heavy (non-hydrogen) atoms. The molecule has 2 aromatic rings. The van der Waals surface area contributed by atoms with Crippen molar-refractivity contribution in [3.63, 3.8) is 0 Å². The third-order valence-corrected chi connectivity index (χ3v) is 2.66. The van der Waals surface area contributed by atoms with Crippen LogP contribution < -0.4 is 5.32 Å². The number of amides is 1. The van der Waals surface area contributed by atoms with E-state index in [1.807, 2.05) is 29.2 Å². The fraction of sp³-hybridized carbons (Fsp3) is 0.308. The minimum atomic E-state index is -0.396. The van der Waals surface area contributed by atoms with Crippen LogP contribution in [0.4, 0.5) is 4.79 Å². The second kappa shape index (κ2) is 6.53. The number of aromatic nitrogens is 3. The zero-order valence-corrected chi connectivity index (χ0v) is 10.7. The van der Waals surface area contributed by atoms with Crippen molar-refractivity contribution in [2.24, 2.45) is 0 Å². The second-order valence-electron chi connectivity index (χ2n) is 4.02. The Morgan fingerprint density at radius 3 is 2.95 bits per heavy atom. The molecule has 0 spiro atoms. The molecule has 0 aliphatic rings. The standard InChI is InChI=1S/C13H16N4O2/c1-19-13(18)15-6-2-3-11-9-16-17(10-11)12-4-7-14-8-5-12/h4-5,7-10H,2-3,6H2,1H3,(H,15,18). The highest BCUT2D eigenvalue weighted by atomic mass is 16.5. The highest BCUT2D eigenvalue weighted by Gasteiger charge is 2.02. The number of carbonyl (C=O) groups excluding carboxylic acids is 1. The van der Waals surface area contributed by atoms with Crippen LogP contribution in [0.1, 0.15) is 12.0 Å². The van der Waals surface area contributed by atoms with Crippen molar-refractivity contribution in [2.45, 2.75) is 12.8 Å². The number of nitrogens with one attached hydrogen (secondary N) is 1. The highest BCUT2D eigenvalue weighted by Crippen LogP contribution is 2.08. The van der Waals surface area contributed by atoms with E-state index >= 15 is 0 Å². The van der Waals surface area contributed by atoms with E-state index in [0.717, 1.165) is 24.1 Å². The van der Waals surface area contributed by atoms with Crippen LogP contribution in [0.15, 0.2) is 36.9 Å². The summed E-state index contributed by atoms with van der Waals surface area (Å²) in [6, 6.07) is 3.80. The first kappa shape index (κ1) is 13.1. The predicted octanol–water partition coefficient (Wildman–Crippen LogP) is 1.56. The number of ether oxygens (including phenoxy) is 1. The first-order valence-electron chi connectivity index (χ1n) is 6.05. The molecule has 1 amide bonds. The predicted molar refractivity (Wildman–Crippen MR) is 70.1 cm³/mol. The van der Waals surface area contributed by atoms with Crippen LogP contribution in [0, 0.1) is 0 Å². The number of methoxy groups -OCH3 is 1. The summed E-state index contributed by atoms with van der Waals surface area (Å²) in [6.07, 6.45) is 8.58. The van der Waals surface area contributed by atoms with Crippen molar-refractivity contribution in [1.29, 1.82) is 0 Å². The summed E-state index contributed by atoms with van der Waals surface area (Å²) in [4.78, 5) is 14.8. The largest absolute Gasteiger partial charge is 0.453 e. The third-order valence-electron chi connectivity index (χ3n) is 2.66. The number of aryl methyl sites for hydroxylation is 1. The lowest BCUT2D eigenvalue weighted by Crippen LogP contribution is -2.24. The van der Waals surface area contributed by atoms with Gasteiger partial charge in [0.25, 0.3) is 0 Å². The second-order valence-corrected chi connectivity index (χ2v) is 4.02. The van der Waals surface area contributed by atoms with Gasteiger partial charge in [-0.2, -0.15) is 5.10 Å². The van der Waals surface area contributed by atoms with Gasteiger partial charge in [0.15, 0.2) is 0 Å². The average molecular weight is 260 g/mol. The van der Waals surface area contributed by atoms with Crippen LogP contribution in [0.5, 0.6) is 0 Å². The molecule has 0 aliphatic carbocycles. The van der Waals surface area contributed by atoms with E-state index in [-0.39, 0.29) is 0 Å². The van der Waals surface area contributed by atoms with Gasteiger partial charge >= 0.3 is 6.09 Å². The average Bonchev–Trinajstić information content (AvgIpc) is 2.93. The molecular formula is C13H16N4O2. The van der Waals surface area contributed by atoms with Crippen LogP contribution in [0.3, 0.4) is 0 Å². The minimum absolute atomic E-state index is 0.396. The van der Waals surface area contributed by atoms with E-state index < -0.39 is 6.09 Å². The molecule has 0 aliphatic heterocycles. The van der Waals surface area contributed by atoms with Gasteiger partial charge in [-0.15, -0.1) is 0 Å². The molecule has 0 aromatic carbocycles. The maximum atomic E-state index is 10.9. The molecule has 100 valence electrons. The topological polar surface area (TPSA) is 69.0 Å². The van der Waals surface area contributed by atoms with Crippen molar-refractivity contribution in [1.82, 2.24) is 20.1 Å². The molecule has 0 atom stereocenters. The van der Waals surface area contributed by atoms with Gasteiger partial charge < -0.3 is 10.1 Å². The van der Waals surface area contributed by atoms with E-state index in [0.29, 0.717) is 6.54 Å². The van der Waals surface area contributed by atoms with Crippen LogP contribution in [0.25, 0.3) is 5.69 Å². The quantitative estimate of drug-likeness (QED) is 0.828. The molecule has 0 radical (unpaired) electrons. The summed E-state index contributed by atoms with van der Waals surface area (Å²) in [5.74, 6) is 0. The minimum Gasteiger partial charge on any atom is -0.453 e. The Kier molecular flexibility index (Phi) is 4.49. The summed E-state index contributed by atoms with van der Waals surface area (Å²) in [5, 5.41) is 6.94. The normalized spacial score (nSPS) is 10.2. The van der Waals surface area contributed by atoms with Crippen molar-refractivity contribution < 1.29 is 9.53 Å². The SMILES string of the molecule is COC(=O)NCCCc1cnn(-c2ccncc2)c1. The summed E-state index contributed by atoms with van der Waals surface area (Å²) < 4.78 is 6.30. The van der Waals surface area contributed by atoms with Crippen molar-refractivity contribution in [2.75, 3.05) is 13.7 Å². The molecule has 0 fully saturated rings. The van der Waals surface area contributed by atoms with Crippen molar-refractivity contribution in [3.8, 4) is 5.69 Å². The Labute approximate surface area is 111 Å². The lowest BCUT2D eigenvalue weighted by Gasteiger charge is -2.02. The molecule has 2 heterocycles. The van der Waals surface area contributed by atoms with Gasteiger partial charge in [-0.05, 0) is 30.5 Å². The van der Waals surface area contributed by atoms with Gasteiger partial charge in [-0.1, -0.05) is 0 Å². The van der Waals surface area contributed by atoms with Crippen molar-refractivity contribution >= 4 is 6.09 Å². The molecule has 0 bridgehead atoms.